The van der Waals surface area contributed by atoms with Crippen LogP contribution in [0.3, 0.4) is 0 Å². The Hall–Kier alpha value is -3.42. The Morgan fingerprint density at radius 1 is 1.00 bits per heavy atom. The number of nitrogens with one attached hydrogen (secondary N) is 3. The molecule has 3 N–H and O–H groups in total. The Kier molecular flexibility index (Phi) is 6.92. The Bertz CT molecular complexity index is 1250. The van der Waals surface area contributed by atoms with Crippen molar-refractivity contribution in [3.63, 3.8) is 0 Å². The lowest BCUT2D eigenvalue weighted by atomic mass is 9.88. The lowest BCUT2D eigenvalue weighted by molar-refractivity contribution is -0.119. The summed E-state index contributed by atoms with van der Waals surface area (Å²) >= 11 is 0. The number of aryl methyl sites for hydroxylation is 1. The Morgan fingerprint density at radius 3 is 2.22 bits per heavy atom. The van der Waals surface area contributed by atoms with E-state index in [2.05, 4.69) is 39.8 Å². The molecule has 5 rings (SSSR count). The Morgan fingerprint density at radius 2 is 1.65 bits per heavy atom. The van der Waals surface area contributed by atoms with Gasteiger partial charge in [-0.3, -0.25) is 19.4 Å². The maximum atomic E-state index is 13.7. The molecule has 0 unspecified atom stereocenters. The topological polar surface area (TPSA) is 105 Å². The third kappa shape index (κ3) is 5.33. The van der Waals surface area contributed by atoms with Crippen LogP contribution in [0.2, 0.25) is 0 Å². The number of hydrogen-bond donors (Lipinski definition) is 3. The lowest BCUT2D eigenvalue weighted by Gasteiger charge is -2.28. The molecule has 8 heteroatoms. The first-order chi connectivity index (χ1) is 17.7. The minimum absolute atomic E-state index is 0.0549. The number of anilines is 1. The van der Waals surface area contributed by atoms with E-state index >= 15 is 0 Å². The van der Waals surface area contributed by atoms with Crippen LogP contribution in [0.1, 0.15) is 87.2 Å². The molecule has 2 aromatic heterocycles. The molecule has 2 aliphatic rings. The number of aromatic amines is 1. The second kappa shape index (κ2) is 10.1. The Balaban J connectivity index is 1.36. The van der Waals surface area contributed by atoms with Gasteiger partial charge in [-0.1, -0.05) is 26.0 Å². The summed E-state index contributed by atoms with van der Waals surface area (Å²) in [6, 6.07) is 9.10. The number of amides is 2. The smallest absolute Gasteiger partial charge is 0.270 e. The molecule has 2 aliphatic carbocycles. The molecule has 37 heavy (non-hydrogen) atoms. The van der Waals surface area contributed by atoms with Crippen LogP contribution in [0.5, 0.6) is 0 Å². The molecule has 0 bridgehead atoms. The van der Waals surface area contributed by atoms with Crippen molar-refractivity contribution in [2.75, 3.05) is 5.32 Å². The fourth-order valence-corrected chi connectivity index (χ4v) is 5.52. The largest absolute Gasteiger partial charge is 0.339 e. The first-order valence-electron chi connectivity index (χ1n) is 13.5. The molecule has 0 aliphatic heterocycles. The molecule has 0 spiro atoms. The summed E-state index contributed by atoms with van der Waals surface area (Å²) < 4.78 is 1.70. The van der Waals surface area contributed by atoms with Crippen LogP contribution in [-0.4, -0.2) is 37.8 Å². The average molecular weight is 503 g/mol. The van der Waals surface area contributed by atoms with E-state index in [9.17, 15) is 9.59 Å². The highest BCUT2D eigenvalue weighted by Gasteiger charge is 2.48. The lowest BCUT2D eigenvalue weighted by Crippen LogP contribution is -2.50. The molecule has 2 amide bonds. The molecule has 8 nitrogen and oxygen atoms in total. The van der Waals surface area contributed by atoms with Crippen molar-refractivity contribution in [2.24, 2.45) is 17.8 Å². The van der Waals surface area contributed by atoms with E-state index in [4.69, 9.17) is 0 Å². The summed E-state index contributed by atoms with van der Waals surface area (Å²) in [6.07, 6.45) is 6.14. The molecule has 3 aromatic rings. The number of carbonyl (C=O) groups excluding carboxylic acids is 2. The van der Waals surface area contributed by atoms with Crippen molar-refractivity contribution >= 4 is 17.5 Å². The van der Waals surface area contributed by atoms with Crippen LogP contribution in [0, 0.1) is 24.7 Å². The number of hydrogen-bond acceptors (Lipinski definition) is 4. The number of H-pyrrole nitrogens is 1. The van der Waals surface area contributed by atoms with Crippen LogP contribution < -0.4 is 10.6 Å². The molecule has 0 radical (unpaired) electrons. The fourth-order valence-electron chi connectivity index (χ4n) is 5.52. The van der Waals surface area contributed by atoms with Crippen LogP contribution in [0.15, 0.2) is 36.5 Å². The molecule has 0 saturated heterocycles. The van der Waals surface area contributed by atoms with Gasteiger partial charge >= 0.3 is 0 Å². The maximum absolute atomic E-state index is 13.7. The molecule has 2 saturated carbocycles. The van der Waals surface area contributed by atoms with E-state index in [1.807, 2.05) is 45.0 Å². The number of carbonyl (C=O) groups is 2. The summed E-state index contributed by atoms with van der Waals surface area (Å²) in [5.74, 6) is 1.07. The third-order valence-electron chi connectivity index (χ3n) is 7.64. The van der Waals surface area contributed by atoms with E-state index in [1.165, 1.54) is 0 Å². The highest BCUT2D eigenvalue weighted by molar-refractivity contribution is 6.01. The predicted octanol–water partition coefficient (Wildman–Crippen LogP) is 5.46. The van der Waals surface area contributed by atoms with Crippen LogP contribution in [-0.2, 0) is 4.79 Å². The van der Waals surface area contributed by atoms with Gasteiger partial charge in [0, 0.05) is 29.2 Å². The standard InChI is InChI=1S/C29H38N6O2/c1-16(2)26-24(18(5)33-34-26)19-10-12-22(13-11-19)31-29(37)27(25(20-6-7-20)21-8-9-21)32-28(36)23-14-15-30-35(23)17(3)4/h10-17,20-21,25,27H,6-9H2,1-5H3,(H,31,37)(H,32,36)(H,33,34)/t27-/m0/s1. The highest BCUT2D eigenvalue weighted by Crippen LogP contribution is 2.51. The van der Waals surface area contributed by atoms with Crippen molar-refractivity contribution in [2.45, 2.75) is 78.3 Å². The molecule has 2 heterocycles. The van der Waals surface area contributed by atoms with Crippen molar-refractivity contribution < 1.29 is 9.59 Å². The van der Waals surface area contributed by atoms with Gasteiger partial charge in [-0.25, -0.2) is 0 Å². The average Bonchev–Trinajstić information content (AvgIpc) is 3.79. The van der Waals surface area contributed by atoms with Gasteiger partial charge in [-0.05, 0) is 93.9 Å². The first kappa shape index (κ1) is 25.2. The van der Waals surface area contributed by atoms with Gasteiger partial charge in [0.1, 0.15) is 11.7 Å². The summed E-state index contributed by atoms with van der Waals surface area (Å²) in [5.41, 5.74) is 5.45. The fraction of sp³-hybridized carbons (Fsp3) is 0.517. The van der Waals surface area contributed by atoms with Crippen molar-refractivity contribution in [1.29, 1.82) is 0 Å². The van der Waals surface area contributed by atoms with Gasteiger partial charge in [-0.15, -0.1) is 0 Å². The highest BCUT2D eigenvalue weighted by atomic mass is 16.2. The zero-order valence-electron chi connectivity index (χ0n) is 22.4. The summed E-state index contributed by atoms with van der Waals surface area (Å²) in [5, 5.41) is 18.1. The van der Waals surface area contributed by atoms with Crippen molar-refractivity contribution in [1.82, 2.24) is 25.3 Å². The Labute approximate surface area is 218 Å². The van der Waals surface area contributed by atoms with Gasteiger partial charge in [0.2, 0.25) is 5.91 Å². The number of benzene rings is 1. The van der Waals surface area contributed by atoms with E-state index < -0.39 is 6.04 Å². The van der Waals surface area contributed by atoms with E-state index in [0.29, 0.717) is 23.4 Å². The quantitative estimate of drug-likeness (QED) is 0.342. The minimum atomic E-state index is -0.577. The SMILES string of the molecule is Cc1[nH]nc(C(C)C)c1-c1ccc(NC(=O)[C@@H](NC(=O)c2ccnn2C(C)C)C(C2CC2)C2CC2)cc1. The molecule has 1 aromatic carbocycles. The van der Waals surface area contributed by atoms with Gasteiger partial charge in [-0.2, -0.15) is 10.2 Å². The van der Waals surface area contributed by atoms with Crippen molar-refractivity contribution in [3.8, 4) is 11.1 Å². The van der Waals surface area contributed by atoms with E-state index in [-0.39, 0.29) is 23.8 Å². The second-order valence-electron chi connectivity index (χ2n) is 11.3. The maximum Gasteiger partial charge on any atom is 0.270 e. The second-order valence-corrected chi connectivity index (χ2v) is 11.3. The molecular weight excluding hydrogens is 464 g/mol. The molecule has 196 valence electrons. The van der Waals surface area contributed by atoms with Crippen LogP contribution >= 0.6 is 0 Å². The summed E-state index contributed by atoms with van der Waals surface area (Å²) in [6.45, 7) is 10.3. The monoisotopic (exact) mass is 502 g/mol. The van der Waals surface area contributed by atoms with E-state index in [0.717, 1.165) is 53.9 Å². The van der Waals surface area contributed by atoms with Crippen LogP contribution in [0.25, 0.3) is 11.1 Å². The van der Waals surface area contributed by atoms with Gasteiger partial charge in [0.15, 0.2) is 0 Å². The zero-order valence-corrected chi connectivity index (χ0v) is 22.4. The van der Waals surface area contributed by atoms with Gasteiger partial charge in [0.25, 0.3) is 5.91 Å². The minimum Gasteiger partial charge on any atom is -0.339 e. The van der Waals surface area contributed by atoms with Gasteiger partial charge in [0.05, 0.1) is 5.69 Å². The van der Waals surface area contributed by atoms with E-state index in [1.54, 1.807) is 16.9 Å². The first-order valence-corrected chi connectivity index (χ1v) is 13.5. The molecular formula is C29H38N6O2. The normalized spacial score (nSPS) is 16.4. The zero-order chi connectivity index (χ0) is 26.3. The number of nitrogens with zero attached hydrogens (tertiary/aromatic N) is 3. The number of aromatic nitrogens is 4. The summed E-state index contributed by atoms with van der Waals surface area (Å²) in [4.78, 5) is 27.0. The number of rotatable bonds is 10. The van der Waals surface area contributed by atoms with Crippen molar-refractivity contribution in [3.05, 3.63) is 53.6 Å². The third-order valence-corrected chi connectivity index (χ3v) is 7.64. The predicted molar refractivity (Wildman–Crippen MR) is 144 cm³/mol. The van der Waals surface area contributed by atoms with Gasteiger partial charge < -0.3 is 10.6 Å². The van der Waals surface area contributed by atoms with Crippen LogP contribution in [0.4, 0.5) is 5.69 Å². The summed E-state index contributed by atoms with van der Waals surface area (Å²) in [7, 11) is 0. The molecule has 1 atom stereocenters. The molecule has 2 fully saturated rings.